The van der Waals surface area contributed by atoms with E-state index in [2.05, 4.69) is 10.2 Å². The summed E-state index contributed by atoms with van der Waals surface area (Å²) in [5, 5.41) is 14.1. The Bertz CT molecular complexity index is 945. The van der Waals surface area contributed by atoms with Crippen molar-refractivity contribution in [3.05, 3.63) is 64.2 Å². The quantitative estimate of drug-likeness (QED) is 0.292. The normalized spacial score (nSPS) is 18.2. The summed E-state index contributed by atoms with van der Waals surface area (Å²) in [6.45, 7) is 4.18. The number of anilines is 1. The molecule has 1 aliphatic carbocycles. The highest BCUT2D eigenvalue weighted by molar-refractivity contribution is 5.99. The van der Waals surface area contributed by atoms with Gasteiger partial charge in [0.1, 0.15) is 5.75 Å². The number of carbonyl (C=O) groups is 1. The SMILES string of the molecule is O=C(Nc1ccc(OCCCN2CCCCCC2)cc1)C1(c2ccc([N+](=O)[O-])cc2)CCCC1. The lowest BCUT2D eigenvalue weighted by Crippen LogP contribution is -2.37. The highest BCUT2D eigenvalue weighted by Crippen LogP contribution is 2.42. The second kappa shape index (κ2) is 11.5. The second-order valence-corrected chi connectivity index (χ2v) is 9.53. The molecule has 1 saturated carbocycles. The van der Waals surface area contributed by atoms with Crippen LogP contribution in [-0.2, 0) is 10.2 Å². The maximum absolute atomic E-state index is 13.3. The molecule has 2 aromatic carbocycles. The minimum atomic E-state index is -0.641. The van der Waals surface area contributed by atoms with Crippen LogP contribution in [0.5, 0.6) is 5.75 Å². The van der Waals surface area contributed by atoms with Crippen LogP contribution in [0, 0.1) is 10.1 Å². The summed E-state index contributed by atoms with van der Waals surface area (Å²) in [6, 6.07) is 14.0. The summed E-state index contributed by atoms with van der Waals surface area (Å²) in [7, 11) is 0. The molecule has 2 aromatic rings. The molecule has 1 heterocycles. The lowest BCUT2D eigenvalue weighted by atomic mass is 9.78. The highest BCUT2D eigenvalue weighted by atomic mass is 16.6. The monoisotopic (exact) mass is 465 g/mol. The van der Waals surface area contributed by atoms with Crippen LogP contribution in [0.3, 0.4) is 0 Å². The van der Waals surface area contributed by atoms with E-state index in [4.69, 9.17) is 4.74 Å². The van der Waals surface area contributed by atoms with Crippen LogP contribution >= 0.6 is 0 Å². The average Bonchev–Trinajstić information content (AvgIpc) is 3.22. The van der Waals surface area contributed by atoms with Crippen LogP contribution in [0.1, 0.15) is 63.4 Å². The topological polar surface area (TPSA) is 84.7 Å². The van der Waals surface area contributed by atoms with Crippen molar-refractivity contribution >= 4 is 17.3 Å². The molecule has 1 amide bonds. The van der Waals surface area contributed by atoms with Gasteiger partial charge in [0.2, 0.25) is 5.91 Å². The van der Waals surface area contributed by atoms with Gasteiger partial charge in [-0.15, -0.1) is 0 Å². The number of hydrogen-bond donors (Lipinski definition) is 1. The largest absolute Gasteiger partial charge is 0.494 e. The zero-order valence-corrected chi connectivity index (χ0v) is 19.8. The third kappa shape index (κ3) is 5.95. The van der Waals surface area contributed by atoms with Gasteiger partial charge < -0.3 is 15.0 Å². The molecule has 4 rings (SSSR count). The minimum absolute atomic E-state index is 0.0410. The number of non-ortho nitro benzene ring substituents is 1. The van der Waals surface area contributed by atoms with E-state index in [0.717, 1.165) is 55.6 Å². The Morgan fingerprint density at radius 1 is 0.941 bits per heavy atom. The molecule has 0 unspecified atom stereocenters. The number of rotatable bonds is 9. The molecular formula is C27H35N3O4. The standard InChI is InChI=1S/C27H35N3O4/c31-26(27(16-3-4-17-27)22-8-12-24(13-9-22)30(32)33)28-23-10-14-25(15-11-23)34-21-7-20-29-18-5-1-2-6-19-29/h8-15H,1-7,16-21H2,(H,28,31). The van der Waals surface area contributed by atoms with Gasteiger partial charge in [-0.25, -0.2) is 0 Å². The molecule has 2 aliphatic rings. The molecule has 34 heavy (non-hydrogen) atoms. The molecule has 0 atom stereocenters. The molecule has 0 aromatic heterocycles. The van der Waals surface area contributed by atoms with E-state index in [1.807, 2.05) is 24.3 Å². The van der Waals surface area contributed by atoms with Crippen LogP contribution < -0.4 is 10.1 Å². The van der Waals surface area contributed by atoms with Crippen LogP contribution in [0.4, 0.5) is 11.4 Å². The lowest BCUT2D eigenvalue weighted by Gasteiger charge is -2.28. The number of amides is 1. The van der Waals surface area contributed by atoms with Crippen LogP contribution in [0.2, 0.25) is 0 Å². The van der Waals surface area contributed by atoms with Gasteiger partial charge in [0, 0.05) is 24.4 Å². The van der Waals surface area contributed by atoms with Crippen molar-refractivity contribution in [3.63, 3.8) is 0 Å². The van der Waals surface area contributed by atoms with Crippen molar-refractivity contribution in [1.29, 1.82) is 0 Å². The van der Waals surface area contributed by atoms with Gasteiger partial charge in [-0.1, -0.05) is 37.8 Å². The first kappa shape index (κ1) is 24.2. The molecule has 1 saturated heterocycles. The fourth-order valence-corrected chi connectivity index (χ4v) is 5.25. The number of hydrogen-bond acceptors (Lipinski definition) is 5. The maximum Gasteiger partial charge on any atom is 0.269 e. The number of likely N-dealkylation sites (tertiary alicyclic amines) is 1. The van der Waals surface area contributed by atoms with Crippen molar-refractivity contribution in [2.45, 2.75) is 63.2 Å². The summed E-state index contributed by atoms with van der Waals surface area (Å²) >= 11 is 0. The third-order valence-electron chi connectivity index (χ3n) is 7.22. The van der Waals surface area contributed by atoms with E-state index in [-0.39, 0.29) is 11.6 Å². The van der Waals surface area contributed by atoms with Crippen molar-refractivity contribution in [2.75, 3.05) is 31.6 Å². The number of nitrogens with zero attached hydrogens (tertiary/aromatic N) is 2. The fraction of sp³-hybridized carbons (Fsp3) is 0.519. The van der Waals surface area contributed by atoms with E-state index in [1.165, 1.54) is 50.9 Å². The number of nitrogens with one attached hydrogen (secondary N) is 1. The van der Waals surface area contributed by atoms with Crippen molar-refractivity contribution in [3.8, 4) is 5.75 Å². The van der Waals surface area contributed by atoms with Crippen LogP contribution in [0.25, 0.3) is 0 Å². The molecule has 1 aliphatic heterocycles. The molecule has 7 nitrogen and oxygen atoms in total. The van der Waals surface area contributed by atoms with E-state index in [9.17, 15) is 14.9 Å². The molecule has 0 radical (unpaired) electrons. The van der Waals surface area contributed by atoms with Crippen molar-refractivity contribution in [2.24, 2.45) is 0 Å². The highest BCUT2D eigenvalue weighted by Gasteiger charge is 2.42. The Morgan fingerprint density at radius 3 is 2.21 bits per heavy atom. The van der Waals surface area contributed by atoms with Crippen LogP contribution in [0.15, 0.2) is 48.5 Å². The first-order valence-corrected chi connectivity index (χ1v) is 12.6. The molecule has 2 fully saturated rings. The van der Waals surface area contributed by atoms with Gasteiger partial charge in [0.15, 0.2) is 0 Å². The maximum atomic E-state index is 13.3. The van der Waals surface area contributed by atoms with Crippen molar-refractivity contribution < 1.29 is 14.5 Å². The van der Waals surface area contributed by atoms with E-state index < -0.39 is 10.3 Å². The number of ether oxygens (including phenoxy) is 1. The van der Waals surface area contributed by atoms with E-state index in [1.54, 1.807) is 12.1 Å². The van der Waals surface area contributed by atoms with E-state index in [0.29, 0.717) is 6.61 Å². The van der Waals surface area contributed by atoms with Gasteiger partial charge in [0.25, 0.3) is 5.69 Å². The number of carbonyl (C=O) groups excluding carboxylic acids is 1. The molecule has 1 N–H and O–H groups in total. The second-order valence-electron chi connectivity index (χ2n) is 9.53. The number of nitro benzene ring substituents is 1. The van der Waals surface area contributed by atoms with E-state index >= 15 is 0 Å². The molecule has 182 valence electrons. The fourth-order valence-electron chi connectivity index (χ4n) is 5.25. The zero-order chi connectivity index (χ0) is 23.8. The lowest BCUT2D eigenvalue weighted by molar-refractivity contribution is -0.384. The first-order valence-electron chi connectivity index (χ1n) is 12.6. The Balaban J connectivity index is 1.31. The van der Waals surface area contributed by atoms with Gasteiger partial charge in [-0.3, -0.25) is 14.9 Å². The summed E-state index contributed by atoms with van der Waals surface area (Å²) in [5.41, 5.74) is 0.976. The zero-order valence-electron chi connectivity index (χ0n) is 19.8. The predicted octanol–water partition coefficient (Wildman–Crippen LogP) is 5.69. The Morgan fingerprint density at radius 2 is 1.59 bits per heavy atom. The first-order chi connectivity index (χ1) is 16.6. The minimum Gasteiger partial charge on any atom is -0.494 e. The molecule has 0 spiro atoms. The van der Waals surface area contributed by atoms with Gasteiger partial charge >= 0.3 is 0 Å². The van der Waals surface area contributed by atoms with Gasteiger partial charge in [0.05, 0.1) is 16.9 Å². The summed E-state index contributed by atoms with van der Waals surface area (Å²) in [6.07, 6.45) is 9.75. The Labute approximate surface area is 201 Å². The number of nitro groups is 1. The smallest absolute Gasteiger partial charge is 0.269 e. The Hall–Kier alpha value is -2.93. The summed E-state index contributed by atoms with van der Waals surface area (Å²) < 4.78 is 5.91. The third-order valence-corrected chi connectivity index (χ3v) is 7.22. The summed E-state index contributed by atoms with van der Waals surface area (Å²) in [4.78, 5) is 26.5. The Kier molecular flexibility index (Phi) is 8.16. The van der Waals surface area contributed by atoms with Gasteiger partial charge in [-0.2, -0.15) is 0 Å². The molecule has 0 bridgehead atoms. The van der Waals surface area contributed by atoms with Gasteiger partial charge in [-0.05, 0) is 75.0 Å². The van der Waals surface area contributed by atoms with Crippen molar-refractivity contribution in [1.82, 2.24) is 4.90 Å². The summed E-state index contributed by atoms with van der Waals surface area (Å²) in [5.74, 6) is 0.754. The molecular weight excluding hydrogens is 430 g/mol. The number of benzene rings is 2. The predicted molar refractivity (Wildman–Crippen MR) is 133 cm³/mol. The average molecular weight is 466 g/mol. The van der Waals surface area contributed by atoms with Crippen LogP contribution in [-0.4, -0.2) is 42.0 Å². The molecule has 7 heteroatoms.